The van der Waals surface area contributed by atoms with Crippen molar-refractivity contribution in [2.45, 2.75) is 92.0 Å². The molecule has 1 aromatic heterocycles. The van der Waals surface area contributed by atoms with Gasteiger partial charge in [0.05, 0.1) is 22.8 Å². The van der Waals surface area contributed by atoms with Gasteiger partial charge in [-0.1, -0.05) is 145 Å². The summed E-state index contributed by atoms with van der Waals surface area (Å²) in [5, 5.41) is 4.95. The van der Waals surface area contributed by atoms with Crippen molar-refractivity contribution in [3.8, 4) is 5.69 Å². The minimum Gasteiger partial charge on any atom is -0.353 e. The van der Waals surface area contributed by atoms with E-state index in [-0.39, 0.29) is 11.0 Å². The van der Waals surface area contributed by atoms with Crippen LogP contribution in [0.1, 0.15) is 103 Å². The van der Waals surface area contributed by atoms with Gasteiger partial charge in [0.1, 0.15) is 0 Å². The van der Waals surface area contributed by atoms with Gasteiger partial charge in [0, 0.05) is 49.9 Å². The third-order valence-corrected chi connectivity index (χ3v) is 13.4. The fourth-order valence-corrected chi connectivity index (χ4v) is 10.5. The Hall–Kier alpha value is -5.80. The summed E-state index contributed by atoms with van der Waals surface area (Å²) in [6.45, 7) is 19.2. The summed E-state index contributed by atoms with van der Waals surface area (Å²) < 4.78 is 2.40. The van der Waals surface area contributed by atoms with E-state index in [1.165, 1.54) is 72.4 Å². The standard InChI is InChI=1S/C56H58N3/c1-9-56(10-2)37-55(7,8)59(53-45(38(3)4)26-19-27-46(53)39(5)6)54(56)41-30-32-43(33-31-41)57(50-29-18-21-40-20-14-15-24-47(40)50)44-34-35-52-49(36-44)48-25-16-17-28-51(48)58(52)42-22-12-11-13-23-42/h11-36,38-39H,9-10,37H2,1-8H3. The summed E-state index contributed by atoms with van der Waals surface area (Å²) in [6.07, 6.45) is 3.31. The van der Waals surface area contributed by atoms with Crippen LogP contribution in [0.15, 0.2) is 158 Å². The molecule has 0 unspecified atom stereocenters. The van der Waals surface area contributed by atoms with Crippen LogP contribution in [0, 0.1) is 11.5 Å². The molecule has 1 saturated heterocycles. The lowest BCUT2D eigenvalue weighted by Crippen LogP contribution is -2.42. The second-order valence-electron chi connectivity index (χ2n) is 18.0. The van der Waals surface area contributed by atoms with Crippen molar-refractivity contribution >= 4 is 55.3 Å². The van der Waals surface area contributed by atoms with Gasteiger partial charge in [0.2, 0.25) is 0 Å². The number of rotatable bonds is 10. The van der Waals surface area contributed by atoms with Gasteiger partial charge < -0.3 is 14.4 Å². The van der Waals surface area contributed by atoms with E-state index in [9.17, 15) is 0 Å². The molecule has 1 aliphatic heterocycles. The first kappa shape index (κ1) is 38.7. The monoisotopic (exact) mass is 772 g/mol. The van der Waals surface area contributed by atoms with E-state index in [2.05, 4.69) is 227 Å². The number of benzene rings is 7. The van der Waals surface area contributed by atoms with Gasteiger partial charge in [0.25, 0.3) is 0 Å². The third kappa shape index (κ3) is 6.41. The van der Waals surface area contributed by atoms with E-state index < -0.39 is 0 Å². The molecule has 9 rings (SSSR count). The Labute approximate surface area is 351 Å². The molecular weight excluding hydrogens is 715 g/mol. The molecule has 0 atom stereocenters. The summed E-state index contributed by atoms with van der Waals surface area (Å²) in [7, 11) is 0. The van der Waals surface area contributed by atoms with Crippen LogP contribution in [0.25, 0.3) is 38.3 Å². The van der Waals surface area contributed by atoms with Crippen LogP contribution in [0.4, 0.5) is 22.7 Å². The molecule has 3 heteroatoms. The van der Waals surface area contributed by atoms with E-state index in [4.69, 9.17) is 0 Å². The number of aromatic nitrogens is 1. The van der Waals surface area contributed by atoms with Gasteiger partial charge in [-0.3, -0.25) is 0 Å². The molecule has 3 nitrogen and oxygen atoms in total. The second kappa shape index (κ2) is 15.1. The summed E-state index contributed by atoms with van der Waals surface area (Å²) in [4.78, 5) is 5.26. The van der Waals surface area contributed by atoms with E-state index >= 15 is 0 Å². The van der Waals surface area contributed by atoms with Crippen LogP contribution in [0.2, 0.25) is 0 Å². The first-order chi connectivity index (χ1) is 28.6. The van der Waals surface area contributed by atoms with E-state index in [0.29, 0.717) is 11.8 Å². The zero-order valence-corrected chi connectivity index (χ0v) is 36.1. The zero-order chi connectivity index (χ0) is 41.1. The predicted molar refractivity (Wildman–Crippen MR) is 254 cm³/mol. The fraction of sp³-hybridized carbons (Fsp3) is 0.268. The van der Waals surface area contributed by atoms with Crippen LogP contribution >= 0.6 is 0 Å². The molecule has 0 aliphatic carbocycles. The largest absolute Gasteiger partial charge is 0.353 e. The van der Waals surface area contributed by atoms with E-state index in [1.54, 1.807) is 0 Å². The summed E-state index contributed by atoms with van der Waals surface area (Å²) in [5.74, 6) is 0.824. The van der Waals surface area contributed by atoms with Crippen LogP contribution in [-0.4, -0.2) is 10.1 Å². The molecule has 1 aliphatic rings. The van der Waals surface area contributed by atoms with Gasteiger partial charge in [-0.15, -0.1) is 0 Å². The van der Waals surface area contributed by atoms with E-state index in [1.807, 2.05) is 0 Å². The van der Waals surface area contributed by atoms with Crippen molar-refractivity contribution in [3.63, 3.8) is 0 Å². The average Bonchev–Trinajstić information content (AvgIpc) is 3.72. The highest BCUT2D eigenvalue weighted by molar-refractivity contribution is 6.11. The lowest BCUT2D eigenvalue weighted by molar-refractivity contribution is 0.284. The molecule has 1 fully saturated rings. The molecule has 59 heavy (non-hydrogen) atoms. The molecule has 0 spiro atoms. The first-order valence-corrected chi connectivity index (χ1v) is 21.8. The molecule has 0 bridgehead atoms. The number of hydrogen-bond acceptors (Lipinski definition) is 2. The molecule has 0 saturated carbocycles. The first-order valence-electron chi connectivity index (χ1n) is 21.8. The molecule has 2 heterocycles. The van der Waals surface area contributed by atoms with Crippen molar-refractivity contribution in [1.29, 1.82) is 0 Å². The highest BCUT2D eigenvalue weighted by atomic mass is 15.3. The molecule has 0 N–H and O–H groups in total. The van der Waals surface area contributed by atoms with Crippen LogP contribution in [-0.2, 0) is 0 Å². The van der Waals surface area contributed by atoms with Gasteiger partial charge >= 0.3 is 0 Å². The molecular formula is C56H58N3. The summed E-state index contributed by atoms with van der Waals surface area (Å²) >= 11 is 0. The maximum absolute atomic E-state index is 2.79. The smallest absolute Gasteiger partial charge is 0.0994 e. The minimum atomic E-state index is -0.0576. The molecule has 297 valence electrons. The molecule has 0 amide bonds. The SMILES string of the molecule is CCC1(CC)CC(C)(C)N(c2c(C(C)C)cccc2C(C)C)[C]1c1ccc(N(c2ccc3c(c2)c2ccccc2n3-c2ccccc2)c2cccc3ccccc23)cc1. The van der Waals surface area contributed by atoms with Gasteiger partial charge in [-0.25, -0.2) is 0 Å². The summed E-state index contributed by atoms with van der Waals surface area (Å²) in [6, 6.07) is 60.1. The van der Waals surface area contributed by atoms with Crippen molar-refractivity contribution in [2.75, 3.05) is 9.80 Å². The quantitative estimate of drug-likeness (QED) is 0.137. The Kier molecular flexibility index (Phi) is 9.90. The number of hydrogen-bond donors (Lipinski definition) is 0. The van der Waals surface area contributed by atoms with E-state index in [0.717, 1.165) is 30.6 Å². The Morgan fingerprint density at radius 1 is 0.559 bits per heavy atom. The van der Waals surface area contributed by atoms with Crippen LogP contribution < -0.4 is 9.80 Å². The van der Waals surface area contributed by atoms with Crippen molar-refractivity contribution in [2.24, 2.45) is 5.41 Å². The Morgan fingerprint density at radius 3 is 1.81 bits per heavy atom. The predicted octanol–water partition coefficient (Wildman–Crippen LogP) is 16.0. The lowest BCUT2D eigenvalue weighted by atomic mass is 9.71. The number of fused-ring (bicyclic) bond motifs is 4. The zero-order valence-electron chi connectivity index (χ0n) is 36.1. The maximum Gasteiger partial charge on any atom is 0.0994 e. The van der Waals surface area contributed by atoms with Gasteiger partial charge in [0.15, 0.2) is 0 Å². The Balaban J connectivity index is 1.24. The highest BCUT2D eigenvalue weighted by Crippen LogP contribution is 2.60. The topological polar surface area (TPSA) is 11.4 Å². The average molecular weight is 773 g/mol. The fourth-order valence-electron chi connectivity index (χ4n) is 10.5. The van der Waals surface area contributed by atoms with Crippen LogP contribution in [0.3, 0.4) is 0 Å². The molecule has 7 aromatic carbocycles. The number of nitrogens with zero attached hydrogens (tertiary/aromatic N) is 3. The van der Waals surface area contributed by atoms with Crippen molar-refractivity contribution in [1.82, 2.24) is 4.57 Å². The number of anilines is 4. The third-order valence-electron chi connectivity index (χ3n) is 13.4. The Bertz CT molecular complexity index is 2730. The Morgan fingerprint density at radius 2 is 1.14 bits per heavy atom. The molecule has 8 aromatic rings. The normalized spacial score (nSPS) is 15.3. The second-order valence-corrected chi connectivity index (χ2v) is 18.0. The van der Waals surface area contributed by atoms with Crippen LogP contribution in [0.5, 0.6) is 0 Å². The van der Waals surface area contributed by atoms with Crippen molar-refractivity contribution in [3.05, 3.63) is 180 Å². The van der Waals surface area contributed by atoms with Gasteiger partial charge in [-0.05, 0) is 122 Å². The maximum atomic E-state index is 2.79. The minimum absolute atomic E-state index is 0.0523. The number of para-hydroxylation sites is 3. The van der Waals surface area contributed by atoms with Gasteiger partial charge in [-0.2, -0.15) is 0 Å². The summed E-state index contributed by atoms with van der Waals surface area (Å²) in [5.41, 5.74) is 12.6. The lowest BCUT2D eigenvalue weighted by Gasteiger charge is -2.43. The van der Waals surface area contributed by atoms with Crippen molar-refractivity contribution < 1.29 is 0 Å². The highest BCUT2D eigenvalue weighted by Gasteiger charge is 2.56. The molecule has 1 radical (unpaired) electrons.